The molecule has 0 saturated heterocycles. The summed E-state index contributed by atoms with van der Waals surface area (Å²) in [4.78, 5) is 0. The van der Waals surface area contributed by atoms with E-state index in [1.807, 2.05) is 59.7 Å². The van der Waals surface area contributed by atoms with E-state index in [1.54, 1.807) is 0 Å². The molecule has 9 heteroatoms. The molecule has 0 aliphatic carbocycles. The summed E-state index contributed by atoms with van der Waals surface area (Å²) in [5.41, 5.74) is 2.87. The van der Waals surface area contributed by atoms with E-state index in [1.165, 1.54) is 0 Å². The number of nitrogens with zero attached hydrogens (tertiary/aromatic N) is 4. The Hall–Kier alpha value is -2.09. The van der Waals surface area contributed by atoms with Crippen LogP contribution in [-0.2, 0) is 13.1 Å². The molecule has 2 aromatic heterocycles. The second-order valence-corrected chi connectivity index (χ2v) is 7.63. The van der Waals surface area contributed by atoms with Crippen LogP contribution in [-0.4, -0.2) is 31.2 Å². The lowest BCUT2D eigenvalue weighted by Gasteiger charge is -2.09. The maximum atomic E-state index is 6.20. The molecule has 0 aliphatic rings. The van der Waals surface area contributed by atoms with Crippen LogP contribution in [0.25, 0.3) is 0 Å². The van der Waals surface area contributed by atoms with Gasteiger partial charge in [-0.25, -0.2) is 0 Å². The molecule has 3 aromatic rings. The molecule has 0 saturated carbocycles. The summed E-state index contributed by atoms with van der Waals surface area (Å²) in [5.74, 6) is 0.690. The van der Waals surface area contributed by atoms with Gasteiger partial charge in [-0.2, -0.15) is 10.2 Å². The molecule has 2 N–H and O–H groups in total. The summed E-state index contributed by atoms with van der Waals surface area (Å²) in [6.45, 7) is 5.99. The number of hydrogen-bond acceptors (Lipinski definition) is 3. The van der Waals surface area contributed by atoms with E-state index in [2.05, 4.69) is 20.8 Å². The Labute approximate surface area is 179 Å². The molecule has 0 atom stereocenters. The maximum Gasteiger partial charge on any atom is 0.171 e. The average molecular weight is 437 g/mol. The van der Waals surface area contributed by atoms with Crippen molar-refractivity contribution in [2.45, 2.75) is 33.4 Å². The third-order valence-electron chi connectivity index (χ3n) is 4.30. The number of anilines is 1. The fourth-order valence-corrected chi connectivity index (χ4v) is 3.34. The summed E-state index contributed by atoms with van der Waals surface area (Å²) in [6, 6.07) is 9.61. The van der Waals surface area contributed by atoms with Crippen LogP contribution >= 0.6 is 35.4 Å². The Kier molecular flexibility index (Phi) is 6.93. The van der Waals surface area contributed by atoms with Gasteiger partial charge in [0.05, 0.1) is 23.0 Å². The van der Waals surface area contributed by atoms with Gasteiger partial charge in [0.15, 0.2) is 10.9 Å². The van der Waals surface area contributed by atoms with Crippen molar-refractivity contribution in [1.82, 2.24) is 24.9 Å². The van der Waals surface area contributed by atoms with E-state index in [0.29, 0.717) is 17.5 Å². The van der Waals surface area contributed by atoms with Crippen molar-refractivity contribution in [2.75, 3.05) is 11.9 Å². The van der Waals surface area contributed by atoms with Gasteiger partial charge in [-0.15, -0.1) is 0 Å². The molecular weight excluding hydrogens is 415 g/mol. The highest BCUT2D eigenvalue weighted by atomic mass is 35.5. The SMILES string of the molecule is Cc1nn(CCCNC(=S)Nc2ccn(Cc3ccccc3Cl)n2)c(C)c1Cl. The van der Waals surface area contributed by atoms with Crippen LogP contribution in [0.1, 0.15) is 23.4 Å². The molecule has 0 radical (unpaired) electrons. The first-order valence-corrected chi connectivity index (χ1v) is 10.1. The predicted octanol–water partition coefficient (Wildman–Crippen LogP) is 4.43. The zero-order valence-corrected chi connectivity index (χ0v) is 18.1. The number of halogens is 2. The fourth-order valence-electron chi connectivity index (χ4n) is 2.80. The van der Waals surface area contributed by atoms with Gasteiger partial charge in [-0.1, -0.05) is 41.4 Å². The minimum Gasteiger partial charge on any atom is -0.362 e. The third-order valence-corrected chi connectivity index (χ3v) is 5.46. The topological polar surface area (TPSA) is 59.7 Å². The van der Waals surface area contributed by atoms with E-state index in [4.69, 9.17) is 35.4 Å². The molecule has 2 heterocycles. The minimum atomic E-state index is 0.536. The molecule has 0 fully saturated rings. The predicted molar refractivity (Wildman–Crippen MR) is 118 cm³/mol. The highest BCUT2D eigenvalue weighted by Crippen LogP contribution is 2.19. The first kappa shape index (κ1) is 20.6. The summed E-state index contributed by atoms with van der Waals surface area (Å²) in [5, 5.41) is 17.2. The quantitative estimate of drug-likeness (QED) is 0.423. The fraction of sp³-hybridized carbons (Fsp3) is 0.316. The molecule has 6 nitrogen and oxygen atoms in total. The van der Waals surface area contributed by atoms with E-state index < -0.39 is 0 Å². The van der Waals surface area contributed by atoms with Gasteiger partial charge < -0.3 is 10.6 Å². The molecule has 0 aliphatic heterocycles. The molecule has 0 unspecified atom stereocenters. The van der Waals surface area contributed by atoms with Crippen molar-refractivity contribution in [1.29, 1.82) is 0 Å². The lowest BCUT2D eigenvalue weighted by atomic mass is 10.2. The van der Waals surface area contributed by atoms with E-state index in [0.717, 1.165) is 46.5 Å². The summed E-state index contributed by atoms with van der Waals surface area (Å²) in [7, 11) is 0. The summed E-state index contributed by atoms with van der Waals surface area (Å²) in [6.07, 6.45) is 2.77. The Morgan fingerprint density at radius 2 is 1.93 bits per heavy atom. The van der Waals surface area contributed by atoms with Crippen molar-refractivity contribution in [2.24, 2.45) is 0 Å². The number of thiocarbonyl (C=S) groups is 1. The van der Waals surface area contributed by atoms with Crippen LogP contribution < -0.4 is 10.6 Å². The highest BCUT2D eigenvalue weighted by molar-refractivity contribution is 7.80. The number of hydrogen-bond donors (Lipinski definition) is 2. The Balaban J connectivity index is 1.43. The number of aromatic nitrogens is 4. The first-order valence-electron chi connectivity index (χ1n) is 8.95. The number of aryl methyl sites for hydroxylation is 2. The van der Waals surface area contributed by atoms with Crippen LogP contribution in [0.5, 0.6) is 0 Å². The molecule has 3 rings (SSSR count). The van der Waals surface area contributed by atoms with Crippen LogP contribution in [0, 0.1) is 13.8 Å². The molecule has 0 amide bonds. The van der Waals surface area contributed by atoms with Crippen molar-refractivity contribution in [3.63, 3.8) is 0 Å². The molecule has 0 spiro atoms. The molecule has 148 valence electrons. The van der Waals surface area contributed by atoms with Gasteiger partial charge in [-0.05, 0) is 44.1 Å². The number of nitrogens with one attached hydrogen (secondary N) is 2. The third kappa shape index (κ3) is 5.25. The van der Waals surface area contributed by atoms with Crippen LogP contribution in [0.2, 0.25) is 10.0 Å². The Morgan fingerprint density at radius 1 is 1.14 bits per heavy atom. The zero-order valence-electron chi connectivity index (χ0n) is 15.7. The van der Waals surface area contributed by atoms with Crippen molar-refractivity contribution >= 4 is 46.4 Å². The first-order chi connectivity index (χ1) is 13.4. The second-order valence-electron chi connectivity index (χ2n) is 6.43. The Morgan fingerprint density at radius 3 is 2.64 bits per heavy atom. The lowest BCUT2D eigenvalue weighted by molar-refractivity contribution is 0.558. The van der Waals surface area contributed by atoms with E-state index in [-0.39, 0.29) is 0 Å². The van der Waals surface area contributed by atoms with E-state index >= 15 is 0 Å². The monoisotopic (exact) mass is 436 g/mol. The van der Waals surface area contributed by atoms with Gasteiger partial charge in [0.25, 0.3) is 0 Å². The van der Waals surface area contributed by atoms with Crippen molar-refractivity contribution in [3.05, 3.63) is 63.5 Å². The largest absolute Gasteiger partial charge is 0.362 e. The average Bonchev–Trinajstić information content (AvgIpc) is 3.20. The maximum absolute atomic E-state index is 6.20. The van der Waals surface area contributed by atoms with Crippen LogP contribution in [0.4, 0.5) is 5.82 Å². The van der Waals surface area contributed by atoms with Crippen LogP contribution in [0.3, 0.4) is 0 Å². The van der Waals surface area contributed by atoms with Crippen LogP contribution in [0.15, 0.2) is 36.5 Å². The van der Waals surface area contributed by atoms with Crippen molar-refractivity contribution in [3.8, 4) is 0 Å². The van der Waals surface area contributed by atoms with Gasteiger partial charge >= 0.3 is 0 Å². The van der Waals surface area contributed by atoms with Gasteiger partial charge in [0, 0.05) is 30.4 Å². The van der Waals surface area contributed by atoms with E-state index in [9.17, 15) is 0 Å². The number of benzene rings is 1. The molecular formula is C19H22Cl2N6S. The second kappa shape index (κ2) is 9.41. The molecule has 1 aromatic carbocycles. The van der Waals surface area contributed by atoms with Gasteiger partial charge in [-0.3, -0.25) is 9.36 Å². The minimum absolute atomic E-state index is 0.536. The highest BCUT2D eigenvalue weighted by Gasteiger charge is 2.08. The summed E-state index contributed by atoms with van der Waals surface area (Å²) < 4.78 is 3.74. The standard InChI is InChI=1S/C19H22Cl2N6S/c1-13-18(21)14(2)27(24-13)10-5-9-22-19(28)23-17-8-11-26(25-17)12-15-6-3-4-7-16(15)20/h3-4,6-8,11H,5,9-10,12H2,1-2H3,(H2,22,23,25,28). The van der Waals surface area contributed by atoms with Gasteiger partial charge in [0.2, 0.25) is 0 Å². The Bertz CT molecular complexity index is 965. The molecule has 0 bridgehead atoms. The van der Waals surface area contributed by atoms with Gasteiger partial charge in [0.1, 0.15) is 0 Å². The smallest absolute Gasteiger partial charge is 0.171 e. The lowest BCUT2D eigenvalue weighted by Crippen LogP contribution is -2.30. The number of rotatable bonds is 7. The summed E-state index contributed by atoms with van der Waals surface area (Å²) >= 11 is 17.7. The normalized spacial score (nSPS) is 10.9. The zero-order chi connectivity index (χ0) is 20.1. The molecule has 28 heavy (non-hydrogen) atoms. The van der Waals surface area contributed by atoms with Crippen molar-refractivity contribution < 1.29 is 0 Å².